The van der Waals surface area contributed by atoms with Gasteiger partial charge in [-0.2, -0.15) is 42.1 Å². The molecule has 0 aliphatic rings. The van der Waals surface area contributed by atoms with Crippen molar-refractivity contribution in [2.75, 3.05) is 0 Å². The molecule has 6 aromatic heterocycles. The number of rotatable bonds is 12. The van der Waals surface area contributed by atoms with Crippen molar-refractivity contribution in [2.24, 2.45) is 0 Å². The van der Waals surface area contributed by atoms with Gasteiger partial charge >= 0.3 is 0 Å². The molecule has 0 bridgehead atoms. The van der Waals surface area contributed by atoms with Gasteiger partial charge in [-0.1, -0.05) is 188 Å². The van der Waals surface area contributed by atoms with Crippen molar-refractivity contribution in [2.45, 2.75) is 0 Å². The molecule has 6 heterocycles. The summed E-state index contributed by atoms with van der Waals surface area (Å²) in [5, 5.41) is 89.5. The number of aromatic nitrogens is 3. The summed E-state index contributed by atoms with van der Waals surface area (Å²) in [6.07, 6.45) is 0. The molecular formula is C134H73N11O3. The highest BCUT2D eigenvalue weighted by molar-refractivity contribution is 6.15. The molecule has 27 aromatic rings. The normalized spacial score (nSPS) is 11.2. The van der Waals surface area contributed by atoms with E-state index < -0.39 is 0 Å². The maximum Gasteiger partial charge on any atom is 0.135 e. The van der Waals surface area contributed by atoms with Gasteiger partial charge in [0, 0.05) is 81.7 Å². The summed E-state index contributed by atoms with van der Waals surface area (Å²) < 4.78 is 25.2. The first-order valence-electron chi connectivity index (χ1n) is 48.1. The lowest BCUT2D eigenvalue weighted by Crippen LogP contribution is -1.96. The van der Waals surface area contributed by atoms with Crippen LogP contribution in [0, 0.1) is 90.6 Å². The van der Waals surface area contributed by atoms with Gasteiger partial charge in [-0.25, -0.2) is 0 Å². The van der Waals surface area contributed by atoms with E-state index in [9.17, 15) is 42.1 Å². The van der Waals surface area contributed by atoms with E-state index in [1.165, 1.54) is 0 Å². The van der Waals surface area contributed by atoms with E-state index >= 15 is 0 Å². The molecule has 682 valence electrons. The molecule has 27 rings (SSSR count). The molecule has 0 saturated carbocycles. The first-order chi connectivity index (χ1) is 72.9. The summed E-state index contributed by atoms with van der Waals surface area (Å²) in [4.78, 5) is 0. The number of nitriles is 8. The van der Waals surface area contributed by atoms with Crippen LogP contribution in [0.2, 0.25) is 0 Å². The Balaban J connectivity index is 0.000000115. The van der Waals surface area contributed by atoms with Crippen LogP contribution in [0.3, 0.4) is 0 Å². The second-order valence-corrected chi connectivity index (χ2v) is 36.8. The van der Waals surface area contributed by atoms with Gasteiger partial charge in [0.2, 0.25) is 0 Å². The van der Waals surface area contributed by atoms with Crippen LogP contribution in [0.15, 0.2) is 456 Å². The maximum atomic E-state index is 9.84. The van der Waals surface area contributed by atoms with Crippen LogP contribution in [0.5, 0.6) is 0 Å². The van der Waals surface area contributed by atoms with Crippen LogP contribution in [-0.2, 0) is 0 Å². The van der Waals surface area contributed by atoms with E-state index in [0.29, 0.717) is 44.5 Å². The molecule has 0 fully saturated rings. The smallest absolute Gasteiger partial charge is 0.135 e. The van der Waals surface area contributed by atoms with Crippen LogP contribution < -0.4 is 0 Å². The number of hydrogen-bond donors (Lipinski definition) is 0. The standard InChI is InChI=1S/2C45H24N4O.C44H25N3O/c46-25-28-5-3-6-31(17-28)32-7-4-8-33(20-32)35-21-36(34-13-16-45-41(24-34)38-9-1-2-10-44(38)50-45)23-37(22-35)49-42-14-11-29(26-47)18-39(42)40-19-30(27-48)12-15-43(40)49;46-25-28-12-15-42-39(18-28)40-19-29(26-47)13-16-43(40)49(42)36-22-34(30-7-5-8-32(20-30)37-9-2-1-6-33(37)27-48)21-35(23-36)31-14-17-45-41(24-31)38-10-3-4-11-44(38)50-45;45-26-28-12-15-30(16-13-28)31-6-5-7-32(21-31)34-22-35(33-17-19-44-40(25-33)38-9-2-4-11-43(38)48-44)24-36(23-34)47-41-10-3-1-8-37(41)39-20-29(27-46)14-18-42(39)47/h2*1-24H;1-25H. The summed E-state index contributed by atoms with van der Waals surface area (Å²) in [5.41, 5.74) is 37.1. The fourth-order valence-corrected chi connectivity index (χ4v) is 21.1. The molecule has 0 unspecified atom stereocenters. The lowest BCUT2D eigenvalue weighted by atomic mass is 9.93. The Bertz CT molecular complexity index is 10500. The number of hydrogen-bond acceptors (Lipinski definition) is 11. The minimum absolute atomic E-state index is 0.559. The third-order valence-electron chi connectivity index (χ3n) is 28.1. The van der Waals surface area contributed by atoms with E-state index in [1.54, 1.807) is 0 Å². The van der Waals surface area contributed by atoms with E-state index in [2.05, 4.69) is 256 Å². The topological polar surface area (TPSA) is 245 Å². The predicted octanol–water partition coefficient (Wildman–Crippen LogP) is 34.0. The molecule has 21 aromatic carbocycles. The molecule has 0 aliphatic heterocycles. The minimum Gasteiger partial charge on any atom is -0.456 e. The van der Waals surface area contributed by atoms with Crippen molar-refractivity contribution in [3.8, 4) is 166 Å². The van der Waals surface area contributed by atoms with Crippen molar-refractivity contribution in [1.29, 1.82) is 42.1 Å². The zero-order valence-corrected chi connectivity index (χ0v) is 78.8. The van der Waals surface area contributed by atoms with E-state index in [-0.39, 0.29) is 0 Å². The van der Waals surface area contributed by atoms with Crippen LogP contribution in [0.4, 0.5) is 0 Å². The maximum absolute atomic E-state index is 9.84. The van der Waals surface area contributed by atoms with Crippen LogP contribution >= 0.6 is 0 Å². The highest BCUT2D eigenvalue weighted by Crippen LogP contribution is 2.47. The average molecular weight is 1890 g/mol. The Kier molecular flexibility index (Phi) is 21.7. The Hall–Kier alpha value is -21.7. The summed E-state index contributed by atoms with van der Waals surface area (Å²) in [7, 11) is 0. The summed E-state index contributed by atoms with van der Waals surface area (Å²) in [6, 6.07) is 167. The third-order valence-corrected chi connectivity index (χ3v) is 28.1. The van der Waals surface area contributed by atoms with Crippen molar-refractivity contribution in [1.82, 2.24) is 13.7 Å². The second-order valence-electron chi connectivity index (χ2n) is 36.8. The van der Waals surface area contributed by atoms with E-state index in [1.807, 2.05) is 249 Å². The van der Waals surface area contributed by atoms with Crippen molar-refractivity contribution >= 4 is 131 Å². The summed E-state index contributed by atoms with van der Waals surface area (Å²) in [6.45, 7) is 0. The molecule has 0 N–H and O–H groups in total. The minimum atomic E-state index is 0.559. The quantitative estimate of drug-likeness (QED) is 0.111. The highest BCUT2D eigenvalue weighted by atomic mass is 16.3. The van der Waals surface area contributed by atoms with Crippen LogP contribution in [0.25, 0.3) is 248 Å². The summed E-state index contributed by atoms with van der Waals surface area (Å²) >= 11 is 0. The van der Waals surface area contributed by atoms with Crippen LogP contribution in [0.1, 0.15) is 44.5 Å². The lowest BCUT2D eigenvalue weighted by Gasteiger charge is -2.15. The summed E-state index contributed by atoms with van der Waals surface area (Å²) in [5.74, 6) is 0. The van der Waals surface area contributed by atoms with Gasteiger partial charge in [0.1, 0.15) is 33.5 Å². The number of benzene rings is 21. The number of furan rings is 3. The van der Waals surface area contributed by atoms with Gasteiger partial charge in [0.05, 0.1) is 126 Å². The largest absolute Gasteiger partial charge is 0.456 e. The van der Waals surface area contributed by atoms with Crippen LogP contribution in [-0.4, -0.2) is 13.7 Å². The molecule has 0 atom stereocenters. The molecule has 0 radical (unpaired) electrons. The monoisotopic (exact) mass is 1880 g/mol. The lowest BCUT2D eigenvalue weighted by molar-refractivity contribution is 0.668. The van der Waals surface area contributed by atoms with Crippen molar-refractivity contribution in [3.05, 3.63) is 487 Å². The van der Waals surface area contributed by atoms with Gasteiger partial charge in [-0.3, -0.25) is 0 Å². The van der Waals surface area contributed by atoms with E-state index in [0.717, 1.165) is 248 Å². The fourth-order valence-electron chi connectivity index (χ4n) is 21.1. The van der Waals surface area contributed by atoms with Crippen molar-refractivity contribution < 1.29 is 13.3 Å². The zero-order valence-electron chi connectivity index (χ0n) is 78.8. The number of fused-ring (bicyclic) bond motifs is 18. The Morgan fingerprint density at radius 2 is 0.392 bits per heavy atom. The molecule has 0 saturated heterocycles. The Morgan fingerprint density at radius 3 is 0.757 bits per heavy atom. The SMILES string of the molecule is N#Cc1ccc(-c2cccc(-c3cc(-c4ccc5oc6ccccc6c5c4)cc(-n4c5ccccc5c5cc(C#N)ccc54)c3)c2)cc1.N#Cc1ccc2c(c1)c1cc(C#N)ccc1n2-c1cc(-c2cccc(-c3ccccc3C#N)c2)cc(-c2ccc3oc4ccccc4c3c2)c1.N#Cc1cccc(-c2cccc(-c3cc(-c4ccc5oc6ccccc6c5c4)cc(-n4c5ccc(C#N)cc5c5cc(C#N)ccc54)c3)c2)c1. The average Bonchev–Trinajstić information content (AvgIpc) is 1.57. The fraction of sp³-hybridized carbons (Fsp3) is 0. The molecule has 0 spiro atoms. The van der Waals surface area contributed by atoms with Gasteiger partial charge in [0.25, 0.3) is 0 Å². The first-order valence-corrected chi connectivity index (χ1v) is 48.1. The predicted molar refractivity (Wildman–Crippen MR) is 591 cm³/mol. The molecule has 14 nitrogen and oxygen atoms in total. The molecule has 0 aliphatic carbocycles. The Morgan fingerprint density at radius 1 is 0.142 bits per heavy atom. The van der Waals surface area contributed by atoms with Crippen molar-refractivity contribution in [3.63, 3.8) is 0 Å². The zero-order chi connectivity index (χ0) is 99.7. The first kappa shape index (κ1) is 87.8. The van der Waals surface area contributed by atoms with Gasteiger partial charge in [-0.05, 0) is 355 Å². The van der Waals surface area contributed by atoms with Gasteiger partial charge in [0.15, 0.2) is 0 Å². The Labute approximate surface area is 847 Å². The number of para-hydroxylation sites is 4. The number of nitrogens with zero attached hydrogens (tertiary/aromatic N) is 11. The molecule has 14 heteroatoms. The molecule has 0 amide bonds. The highest BCUT2D eigenvalue weighted by Gasteiger charge is 2.24. The molecule has 148 heavy (non-hydrogen) atoms. The third kappa shape index (κ3) is 15.7. The van der Waals surface area contributed by atoms with E-state index in [4.69, 9.17) is 13.3 Å². The van der Waals surface area contributed by atoms with Gasteiger partial charge < -0.3 is 27.0 Å². The van der Waals surface area contributed by atoms with Gasteiger partial charge in [-0.15, -0.1) is 0 Å². The molecular weight excluding hydrogens is 1810 g/mol. The second kappa shape index (κ2) is 36.5.